The van der Waals surface area contributed by atoms with Crippen molar-refractivity contribution in [1.82, 2.24) is 20.7 Å². The monoisotopic (exact) mass is 414 g/mol. The van der Waals surface area contributed by atoms with E-state index in [4.69, 9.17) is 5.21 Å². The molecule has 0 spiro atoms. The summed E-state index contributed by atoms with van der Waals surface area (Å²) in [6.07, 6.45) is 5.83. The second kappa shape index (κ2) is 11.1. The molecule has 3 N–H and O–H groups in total. The zero-order valence-corrected chi connectivity index (χ0v) is 16.5. The van der Waals surface area contributed by atoms with E-state index in [1.165, 1.54) is 23.7 Å². The highest BCUT2D eigenvalue weighted by Gasteiger charge is 2.22. The minimum absolute atomic E-state index is 0. The Hall–Kier alpha value is -3.00. The van der Waals surface area contributed by atoms with Gasteiger partial charge in [0.15, 0.2) is 0 Å². The molecule has 0 radical (unpaired) electrons. The number of aromatic nitrogens is 1. The van der Waals surface area contributed by atoms with Crippen molar-refractivity contribution in [2.45, 2.75) is 6.04 Å². The third kappa shape index (κ3) is 6.53. The fraction of sp³-hybridized carbons (Fsp3) is 0.190. The maximum Gasteiger partial charge on any atom is 0.267 e. The van der Waals surface area contributed by atoms with Gasteiger partial charge >= 0.3 is 0 Å². The molecule has 0 saturated carbocycles. The number of halogens is 1. The highest BCUT2D eigenvalue weighted by molar-refractivity contribution is 5.92. The number of carbonyl (C=O) groups excluding carboxylic acids is 2. The van der Waals surface area contributed by atoms with Crippen molar-refractivity contribution in [3.05, 3.63) is 77.6 Å². The smallest absolute Gasteiger partial charge is 0.267 e. The van der Waals surface area contributed by atoms with Crippen LogP contribution in [0.5, 0.6) is 0 Å². The van der Waals surface area contributed by atoms with Gasteiger partial charge in [-0.3, -0.25) is 14.8 Å². The molecule has 0 bridgehead atoms. The molecule has 3 rings (SSSR count). The zero-order chi connectivity index (χ0) is 19.8. The molecule has 2 amide bonds. The third-order valence-corrected chi connectivity index (χ3v) is 4.39. The maximum atomic E-state index is 12.6. The summed E-state index contributed by atoms with van der Waals surface area (Å²) < 4.78 is 0. The molecule has 0 aliphatic carbocycles. The second-order valence-corrected chi connectivity index (χ2v) is 6.33. The van der Waals surface area contributed by atoms with E-state index < -0.39 is 5.91 Å². The lowest BCUT2D eigenvalue weighted by atomic mass is 10.0. The first-order valence-electron chi connectivity index (χ1n) is 9.00. The van der Waals surface area contributed by atoms with E-state index in [1.807, 2.05) is 23.1 Å². The number of rotatable bonds is 5. The van der Waals surface area contributed by atoms with Crippen LogP contribution in [0.25, 0.3) is 12.2 Å². The van der Waals surface area contributed by atoms with Crippen LogP contribution in [0.4, 0.5) is 0 Å². The SMILES string of the molecule is Cl.O=C(/C=C/c1cccc(/C=C/C(=O)N2CCNC(c3ccccc3)C2)n1)NO. The molecular weight excluding hydrogens is 392 g/mol. The molecule has 1 atom stereocenters. The van der Waals surface area contributed by atoms with Gasteiger partial charge < -0.3 is 10.2 Å². The van der Waals surface area contributed by atoms with Crippen LogP contribution in [0.3, 0.4) is 0 Å². The van der Waals surface area contributed by atoms with Crippen LogP contribution in [0.2, 0.25) is 0 Å². The fourth-order valence-electron chi connectivity index (χ4n) is 2.97. The van der Waals surface area contributed by atoms with Gasteiger partial charge in [0.2, 0.25) is 5.91 Å². The number of hydrogen-bond donors (Lipinski definition) is 3. The quantitative estimate of drug-likeness (QED) is 0.396. The molecule has 152 valence electrons. The van der Waals surface area contributed by atoms with Gasteiger partial charge in [-0.1, -0.05) is 36.4 Å². The summed E-state index contributed by atoms with van der Waals surface area (Å²) in [4.78, 5) is 29.8. The summed E-state index contributed by atoms with van der Waals surface area (Å²) in [7, 11) is 0. The Bertz CT molecular complexity index is 887. The van der Waals surface area contributed by atoms with Crippen LogP contribution < -0.4 is 10.8 Å². The Kier molecular flexibility index (Phi) is 8.54. The van der Waals surface area contributed by atoms with Gasteiger partial charge in [-0.2, -0.15) is 0 Å². The molecule has 1 aliphatic rings. The van der Waals surface area contributed by atoms with E-state index in [0.29, 0.717) is 24.5 Å². The summed E-state index contributed by atoms with van der Waals surface area (Å²) in [5, 5.41) is 11.9. The van der Waals surface area contributed by atoms with Gasteiger partial charge in [-0.15, -0.1) is 12.4 Å². The van der Waals surface area contributed by atoms with Crippen molar-refractivity contribution in [1.29, 1.82) is 0 Å². The predicted octanol–water partition coefficient (Wildman–Crippen LogP) is 2.21. The molecule has 29 heavy (non-hydrogen) atoms. The summed E-state index contributed by atoms with van der Waals surface area (Å²) in [6.45, 7) is 2.00. The number of piperazine rings is 1. The molecule has 1 aromatic carbocycles. The number of carbonyl (C=O) groups is 2. The summed E-state index contributed by atoms with van der Waals surface area (Å²) >= 11 is 0. The van der Waals surface area contributed by atoms with Crippen molar-refractivity contribution in [2.75, 3.05) is 19.6 Å². The molecule has 2 heterocycles. The van der Waals surface area contributed by atoms with E-state index in [9.17, 15) is 9.59 Å². The molecule has 1 aromatic heterocycles. The van der Waals surface area contributed by atoms with E-state index in [-0.39, 0.29) is 24.4 Å². The second-order valence-electron chi connectivity index (χ2n) is 6.33. The Morgan fingerprint density at radius 3 is 2.45 bits per heavy atom. The number of hydrogen-bond acceptors (Lipinski definition) is 5. The number of hydroxylamine groups is 1. The molecule has 2 aromatic rings. The largest absolute Gasteiger partial charge is 0.336 e. The molecule has 1 saturated heterocycles. The van der Waals surface area contributed by atoms with E-state index in [0.717, 1.165) is 12.1 Å². The van der Waals surface area contributed by atoms with Crippen molar-refractivity contribution >= 4 is 36.4 Å². The summed E-state index contributed by atoms with van der Waals surface area (Å²) in [5.74, 6) is -0.700. The van der Waals surface area contributed by atoms with E-state index in [1.54, 1.807) is 24.3 Å². The minimum atomic E-state index is -0.635. The Morgan fingerprint density at radius 2 is 1.76 bits per heavy atom. The molecular formula is C21H23ClN4O3. The van der Waals surface area contributed by atoms with Gasteiger partial charge in [0.05, 0.1) is 11.4 Å². The molecule has 1 aliphatic heterocycles. The maximum absolute atomic E-state index is 12.6. The van der Waals surface area contributed by atoms with Crippen molar-refractivity contribution < 1.29 is 14.8 Å². The van der Waals surface area contributed by atoms with Crippen molar-refractivity contribution in [3.63, 3.8) is 0 Å². The number of pyridine rings is 1. The Morgan fingerprint density at radius 1 is 1.07 bits per heavy atom. The van der Waals surface area contributed by atoms with Gasteiger partial charge in [0.25, 0.3) is 5.91 Å². The van der Waals surface area contributed by atoms with Gasteiger partial charge in [0.1, 0.15) is 0 Å². The number of benzene rings is 1. The fourth-order valence-corrected chi connectivity index (χ4v) is 2.97. The average Bonchev–Trinajstić information content (AvgIpc) is 2.76. The number of nitrogens with zero attached hydrogens (tertiary/aromatic N) is 2. The molecule has 1 fully saturated rings. The van der Waals surface area contributed by atoms with Gasteiger partial charge in [-0.25, -0.2) is 10.5 Å². The lowest BCUT2D eigenvalue weighted by Crippen LogP contribution is -2.47. The highest BCUT2D eigenvalue weighted by Crippen LogP contribution is 2.17. The van der Waals surface area contributed by atoms with Crippen LogP contribution in [0.15, 0.2) is 60.7 Å². The third-order valence-electron chi connectivity index (χ3n) is 4.39. The van der Waals surface area contributed by atoms with Crippen LogP contribution in [-0.2, 0) is 9.59 Å². The first-order valence-corrected chi connectivity index (χ1v) is 9.00. The van der Waals surface area contributed by atoms with E-state index in [2.05, 4.69) is 22.4 Å². The minimum Gasteiger partial charge on any atom is -0.336 e. The number of nitrogens with one attached hydrogen (secondary N) is 2. The Labute approximate surface area is 175 Å². The standard InChI is InChI=1S/C21H22N4O3.ClH/c26-20(24-28)11-9-17-7-4-8-18(23-17)10-12-21(27)25-14-13-22-19(15-25)16-5-2-1-3-6-16;/h1-12,19,22,28H,13-15H2,(H,24,26);1H/b11-9+,12-10+;. The predicted molar refractivity (Wildman–Crippen MR) is 113 cm³/mol. The summed E-state index contributed by atoms with van der Waals surface area (Å²) in [6, 6.07) is 15.5. The van der Waals surface area contributed by atoms with Gasteiger partial charge in [-0.05, 0) is 29.8 Å². The first kappa shape index (κ1) is 22.3. The lowest BCUT2D eigenvalue weighted by Gasteiger charge is -2.33. The topological polar surface area (TPSA) is 94.6 Å². The molecule has 7 nitrogen and oxygen atoms in total. The highest BCUT2D eigenvalue weighted by atomic mass is 35.5. The Balaban J connectivity index is 0.00000300. The molecule has 8 heteroatoms. The van der Waals surface area contributed by atoms with Crippen LogP contribution in [0, 0.1) is 0 Å². The van der Waals surface area contributed by atoms with Crippen LogP contribution in [0.1, 0.15) is 23.0 Å². The normalized spacial score (nSPS) is 16.6. The zero-order valence-electron chi connectivity index (χ0n) is 15.7. The molecule has 1 unspecified atom stereocenters. The average molecular weight is 415 g/mol. The number of amides is 2. The van der Waals surface area contributed by atoms with Crippen LogP contribution in [-0.4, -0.2) is 46.5 Å². The van der Waals surface area contributed by atoms with Crippen molar-refractivity contribution in [3.8, 4) is 0 Å². The first-order chi connectivity index (χ1) is 13.7. The van der Waals surface area contributed by atoms with E-state index >= 15 is 0 Å². The lowest BCUT2D eigenvalue weighted by molar-refractivity contribution is -0.127. The van der Waals surface area contributed by atoms with Gasteiger partial charge in [0, 0.05) is 37.8 Å². The van der Waals surface area contributed by atoms with Crippen molar-refractivity contribution in [2.24, 2.45) is 0 Å². The summed E-state index contributed by atoms with van der Waals surface area (Å²) in [5.41, 5.74) is 3.83. The van der Waals surface area contributed by atoms with Crippen LogP contribution >= 0.6 is 12.4 Å².